The zero-order valence-corrected chi connectivity index (χ0v) is 11.9. The van der Waals surface area contributed by atoms with Gasteiger partial charge >= 0.3 is 0 Å². The topological polar surface area (TPSA) is 35.9 Å². The van der Waals surface area contributed by atoms with Crippen LogP contribution < -0.4 is 4.74 Å². The molecule has 0 saturated carbocycles. The third-order valence-corrected chi connectivity index (χ3v) is 3.86. The number of nitrogens with zero attached hydrogens (tertiary/aromatic N) is 2. The van der Waals surface area contributed by atoms with E-state index in [4.69, 9.17) is 9.84 Å². The van der Waals surface area contributed by atoms with Crippen LogP contribution in [0.25, 0.3) is 0 Å². The van der Waals surface area contributed by atoms with Crippen LogP contribution in [0, 0.1) is 0 Å². The van der Waals surface area contributed by atoms with Gasteiger partial charge in [0, 0.05) is 38.8 Å². The third kappa shape index (κ3) is 3.93. The van der Waals surface area contributed by atoms with Gasteiger partial charge in [0.1, 0.15) is 5.75 Å². The number of piperazine rings is 1. The molecule has 1 aliphatic rings. The summed E-state index contributed by atoms with van der Waals surface area (Å²) in [5.74, 6) is 0.915. The van der Waals surface area contributed by atoms with Crippen molar-refractivity contribution in [2.75, 3.05) is 40.4 Å². The van der Waals surface area contributed by atoms with Gasteiger partial charge in [-0.25, -0.2) is 0 Å². The molecule has 106 valence electrons. The van der Waals surface area contributed by atoms with E-state index in [1.165, 1.54) is 5.56 Å². The molecule has 4 nitrogen and oxygen atoms in total. The fraction of sp³-hybridized carbons (Fsp3) is 0.600. The molecule has 1 saturated heterocycles. The van der Waals surface area contributed by atoms with Crippen molar-refractivity contribution in [3.8, 4) is 5.75 Å². The lowest BCUT2D eigenvalue weighted by Crippen LogP contribution is -2.51. The van der Waals surface area contributed by atoms with Crippen LogP contribution in [-0.4, -0.2) is 61.3 Å². The Morgan fingerprint density at radius 2 is 2.21 bits per heavy atom. The number of hydrogen-bond acceptors (Lipinski definition) is 4. The first kappa shape index (κ1) is 14.3. The minimum Gasteiger partial charge on any atom is -0.497 e. The Balaban J connectivity index is 1.95. The molecule has 2 rings (SSSR count). The molecule has 0 aliphatic carbocycles. The van der Waals surface area contributed by atoms with E-state index in [0.717, 1.165) is 38.3 Å². The first-order valence-electron chi connectivity index (χ1n) is 6.89. The minimum atomic E-state index is 0.266. The third-order valence-electron chi connectivity index (χ3n) is 3.86. The van der Waals surface area contributed by atoms with Crippen LogP contribution in [0.1, 0.15) is 12.0 Å². The van der Waals surface area contributed by atoms with Gasteiger partial charge in [-0.1, -0.05) is 12.1 Å². The maximum absolute atomic E-state index is 9.12. The van der Waals surface area contributed by atoms with Crippen LogP contribution in [0.5, 0.6) is 5.75 Å². The van der Waals surface area contributed by atoms with Crippen molar-refractivity contribution < 1.29 is 9.84 Å². The first-order chi connectivity index (χ1) is 9.22. The Kier molecular flexibility index (Phi) is 5.19. The van der Waals surface area contributed by atoms with Crippen molar-refractivity contribution in [1.29, 1.82) is 0 Å². The lowest BCUT2D eigenvalue weighted by atomic mass is 10.1. The Morgan fingerprint density at radius 3 is 2.95 bits per heavy atom. The van der Waals surface area contributed by atoms with Gasteiger partial charge in [-0.05, 0) is 31.2 Å². The van der Waals surface area contributed by atoms with Gasteiger partial charge in [0.2, 0.25) is 0 Å². The summed E-state index contributed by atoms with van der Waals surface area (Å²) in [6, 6.07) is 8.71. The minimum absolute atomic E-state index is 0.266. The molecular formula is C15H24N2O2. The van der Waals surface area contributed by atoms with Crippen molar-refractivity contribution in [2.45, 2.75) is 19.0 Å². The highest BCUT2D eigenvalue weighted by Crippen LogP contribution is 2.17. The summed E-state index contributed by atoms with van der Waals surface area (Å²) < 4.78 is 5.26. The molecule has 1 fully saturated rings. The molecule has 19 heavy (non-hydrogen) atoms. The highest BCUT2D eigenvalue weighted by Gasteiger charge is 2.23. The maximum Gasteiger partial charge on any atom is 0.119 e. The van der Waals surface area contributed by atoms with E-state index in [1.807, 2.05) is 12.1 Å². The first-order valence-corrected chi connectivity index (χ1v) is 6.89. The Bertz CT molecular complexity index is 397. The van der Waals surface area contributed by atoms with Crippen LogP contribution in [0.3, 0.4) is 0 Å². The number of ether oxygens (including phenoxy) is 1. The molecule has 0 bridgehead atoms. The van der Waals surface area contributed by atoms with E-state index in [2.05, 4.69) is 29.0 Å². The van der Waals surface area contributed by atoms with Crippen LogP contribution in [0.4, 0.5) is 0 Å². The predicted molar refractivity (Wildman–Crippen MR) is 76.4 cm³/mol. The summed E-state index contributed by atoms with van der Waals surface area (Å²) in [6.45, 7) is 4.38. The van der Waals surface area contributed by atoms with Crippen molar-refractivity contribution >= 4 is 0 Å². The second-order valence-corrected chi connectivity index (χ2v) is 5.23. The largest absolute Gasteiger partial charge is 0.497 e. The molecule has 1 aromatic rings. The van der Waals surface area contributed by atoms with Crippen molar-refractivity contribution in [3.63, 3.8) is 0 Å². The van der Waals surface area contributed by atoms with Gasteiger partial charge in [0.15, 0.2) is 0 Å². The second-order valence-electron chi connectivity index (χ2n) is 5.23. The number of likely N-dealkylation sites (N-methyl/N-ethyl adjacent to an activating group) is 1. The Morgan fingerprint density at radius 1 is 1.37 bits per heavy atom. The predicted octanol–water partition coefficient (Wildman–Crippen LogP) is 1.19. The molecule has 0 spiro atoms. The molecule has 1 aromatic carbocycles. The Labute approximate surface area is 115 Å². The van der Waals surface area contributed by atoms with E-state index in [-0.39, 0.29) is 6.61 Å². The summed E-state index contributed by atoms with van der Waals surface area (Å²) in [5, 5.41) is 9.12. The maximum atomic E-state index is 9.12. The molecular weight excluding hydrogens is 240 g/mol. The van der Waals surface area contributed by atoms with Gasteiger partial charge in [0.05, 0.1) is 7.11 Å². The molecule has 0 amide bonds. The molecule has 0 aromatic heterocycles. The highest BCUT2D eigenvalue weighted by molar-refractivity contribution is 5.28. The van der Waals surface area contributed by atoms with Gasteiger partial charge < -0.3 is 14.7 Å². The van der Waals surface area contributed by atoms with E-state index in [0.29, 0.717) is 6.04 Å². The van der Waals surface area contributed by atoms with Crippen molar-refractivity contribution in [3.05, 3.63) is 29.8 Å². The lowest BCUT2D eigenvalue weighted by molar-refractivity contribution is 0.0743. The molecule has 0 unspecified atom stereocenters. The molecule has 0 radical (unpaired) electrons. The number of hydrogen-bond donors (Lipinski definition) is 1. The number of aliphatic hydroxyl groups excluding tert-OH is 1. The zero-order chi connectivity index (χ0) is 13.7. The second kappa shape index (κ2) is 6.89. The van der Waals surface area contributed by atoms with E-state index in [1.54, 1.807) is 7.11 Å². The summed E-state index contributed by atoms with van der Waals surface area (Å²) in [7, 11) is 3.84. The normalized spacial score (nSPS) is 21.5. The average Bonchev–Trinajstić information content (AvgIpc) is 2.43. The summed E-state index contributed by atoms with van der Waals surface area (Å²) in [6.07, 6.45) is 0.852. The van der Waals surface area contributed by atoms with E-state index >= 15 is 0 Å². The monoisotopic (exact) mass is 264 g/mol. The Hall–Kier alpha value is -1.10. The number of aliphatic hydroxyl groups is 1. The molecule has 4 heteroatoms. The fourth-order valence-electron chi connectivity index (χ4n) is 2.64. The fourth-order valence-corrected chi connectivity index (χ4v) is 2.64. The zero-order valence-electron chi connectivity index (χ0n) is 11.9. The number of rotatable bonds is 5. The molecule has 1 atom stereocenters. The summed E-state index contributed by atoms with van der Waals surface area (Å²) >= 11 is 0. The smallest absolute Gasteiger partial charge is 0.119 e. The van der Waals surface area contributed by atoms with Gasteiger partial charge in [0.25, 0.3) is 0 Å². The highest BCUT2D eigenvalue weighted by atomic mass is 16.5. The number of methoxy groups -OCH3 is 1. The van der Waals surface area contributed by atoms with Crippen molar-refractivity contribution in [1.82, 2.24) is 9.80 Å². The summed E-state index contributed by atoms with van der Waals surface area (Å²) in [4.78, 5) is 4.80. The van der Waals surface area contributed by atoms with Gasteiger partial charge in [-0.2, -0.15) is 0 Å². The van der Waals surface area contributed by atoms with E-state index < -0.39 is 0 Å². The average molecular weight is 264 g/mol. The SMILES string of the molecule is COc1cccc(CN2CCN(C)[C@H](CCO)C2)c1. The van der Waals surface area contributed by atoms with Gasteiger partial charge in [-0.15, -0.1) is 0 Å². The molecule has 1 N–H and O–H groups in total. The molecule has 1 aliphatic heterocycles. The standard InChI is InChI=1S/C15H24N2O2/c1-16-7-8-17(12-14(16)6-9-18)11-13-4-3-5-15(10-13)19-2/h3-5,10,14,18H,6-9,11-12H2,1-2H3/t14-/m1/s1. The van der Waals surface area contributed by atoms with Crippen LogP contribution in [-0.2, 0) is 6.54 Å². The van der Waals surface area contributed by atoms with Crippen LogP contribution >= 0.6 is 0 Å². The van der Waals surface area contributed by atoms with Crippen LogP contribution in [0.2, 0.25) is 0 Å². The quantitative estimate of drug-likeness (QED) is 0.867. The van der Waals surface area contributed by atoms with Gasteiger partial charge in [-0.3, -0.25) is 4.90 Å². The molecule has 1 heterocycles. The van der Waals surface area contributed by atoms with Crippen molar-refractivity contribution in [2.24, 2.45) is 0 Å². The lowest BCUT2D eigenvalue weighted by Gasteiger charge is -2.39. The number of benzene rings is 1. The summed E-state index contributed by atoms with van der Waals surface area (Å²) in [5.41, 5.74) is 1.28. The van der Waals surface area contributed by atoms with Crippen LogP contribution in [0.15, 0.2) is 24.3 Å². The van der Waals surface area contributed by atoms with E-state index in [9.17, 15) is 0 Å².